The molecule has 3 aromatic rings. The molecule has 0 atom stereocenters. The molecule has 0 unspecified atom stereocenters. The third kappa shape index (κ3) is 6.92. The minimum Gasteiger partial charge on any atom is -0.494 e. The van der Waals surface area contributed by atoms with Crippen LogP contribution < -0.4 is 4.74 Å². The van der Waals surface area contributed by atoms with Gasteiger partial charge in [0.15, 0.2) is 11.6 Å². The quantitative estimate of drug-likeness (QED) is 0.276. The fourth-order valence-electron chi connectivity index (χ4n) is 3.89. The van der Waals surface area contributed by atoms with E-state index >= 15 is 0 Å². The van der Waals surface area contributed by atoms with Gasteiger partial charge in [0.25, 0.3) is 0 Å². The predicted octanol–water partition coefficient (Wildman–Crippen LogP) is 8.25. The van der Waals surface area contributed by atoms with Crippen molar-refractivity contribution in [2.45, 2.75) is 64.7 Å². The molecule has 0 aliphatic carbocycles. The molecule has 0 fully saturated rings. The Balaban J connectivity index is 1.50. The summed E-state index contributed by atoms with van der Waals surface area (Å²) in [5.74, 6) is -0.134. The van der Waals surface area contributed by atoms with Crippen LogP contribution in [-0.4, -0.2) is 12.1 Å². The zero-order chi connectivity index (χ0) is 21.9. The maximum Gasteiger partial charge on any atom is 0.165 e. The highest BCUT2D eigenvalue weighted by Gasteiger charge is 2.07. The Labute approximate surface area is 186 Å². The first-order chi connectivity index (χ1) is 15.2. The van der Waals surface area contributed by atoms with Crippen LogP contribution in [0.2, 0.25) is 0 Å². The summed E-state index contributed by atoms with van der Waals surface area (Å²) in [6, 6.07) is 17.7. The second-order valence-electron chi connectivity index (χ2n) is 8.20. The highest BCUT2D eigenvalue weighted by atomic mass is 19.1. The Morgan fingerprint density at radius 3 is 2.00 bits per heavy atom. The second kappa shape index (κ2) is 12.2. The van der Waals surface area contributed by atoms with Gasteiger partial charge in [0, 0.05) is 17.3 Å². The maximum absolute atomic E-state index is 14.0. The Morgan fingerprint density at radius 2 is 1.39 bits per heavy atom. The number of methoxy groups -OCH3 is 1. The number of benzene rings is 2. The Morgan fingerprint density at radius 1 is 0.742 bits per heavy atom. The molecule has 31 heavy (non-hydrogen) atoms. The number of unbranched alkanes of at least 4 members (excludes halogenated alkanes) is 7. The smallest absolute Gasteiger partial charge is 0.165 e. The molecule has 1 aromatic heterocycles. The van der Waals surface area contributed by atoms with Gasteiger partial charge in [0.2, 0.25) is 0 Å². The summed E-state index contributed by atoms with van der Waals surface area (Å²) in [6.45, 7) is 2.27. The molecular weight excluding hydrogens is 385 g/mol. The molecule has 0 saturated heterocycles. The third-order valence-corrected chi connectivity index (χ3v) is 5.82. The number of halogens is 1. The molecule has 0 N–H and O–H groups in total. The Bertz CT molecular complexity index is 919. The molecule has 0 aliphatic heterocycles. The minimum absolute atomic E-state index is 0.243. The monoisotopic (exact) mass is 419 g/mol. The van der Waals surface area contributed by atoms with Gasteiger partial charge >= 0.3 is 0 Å². The van der Waals surface area contributed by atoms with E-state index in [1.54, 1.807) is 6.07 Å². The van der Waals surface area contributed by atoms with Gasteiger partial charge in [-0.2, -0.15) is 0 Å². The molecular formula is C28H34FNO. The zero-order valence-electron chi connectivity index (χ0n) is 18.9. The van der Waals surface area contributed by atoms with E-state index in [-0.39, 0.29) is 11.6 Å². The van der Waals surface area contributed by atoms with Crippen molar-refractivity contribution in [3.8, 4) is 28.1 Å². The van der Waals surface area contributed by atoms with Gasteiger partial charge in [-0.3, -0.25) is 4.98 Å². The van der Waals surface area contributed by atoms with Gasteiger partial charge in [-0.05, 0) is 48.2 Å². The SMILES string of the molecule is CCCCCCCCCCc1ccc(-c2ccc(-c3ccc(OC)c(F)c3)nc2)cc1. The van der Waals surface area contributed by atoms with Crippen LogP contribution in [0.1, 0.15) is 63.9 Å². The van der Waals surface area contributed by atoms with Crippen molar-refractivity contribution in [2.75, 3.05) is 7.11 Å². The lowest BCUT2D eigenvalue weighted by molar-refractivity contribution is 0.386. The highest BCUT2D eigenvalue weighted by molar-refractivity contribution is 5.67. The summed E-state index contributed by atoms with van der Waals surface area (Å²) < 4.78 is 18.9. The van der Waals surface area contributed by atoms with E-state index in [0.717, 1.165) is 28.8 Å². The lowest BCUT2D eigenvalue weighted by Gasteiger charge is -2.07. The van der Waals surface area contributed by atoms with E-state index in [1.165, 1.54) is 70.1 Å². The molecule has 164 valence electrons. The van der Waals surface area contributed by atoms with E-state index in [1.807, 2.05) is 24.4 Å². The number of aromatic nitrogens is 1. The van der Waals surface area contributed by atoms with Crippen molar-refractivity contribution in [3.05, 3.63) is 72.2 Å². The standard InChI is InChI=1S/C28H34FNO/c1-3-4-5-6-7-8-9-10-11-22-12-14-23(15-13-22)25-16-18-27(30-21-25)24-17-19-28(31-2)26(29)20-24/h12-21H,3-11H2,1-2H3. The summed E-state index contributed by atoms with van der Waals surface area (Å²) >= 11 is 0. The lowest BCUT2D eigenvalue weighted by atomic mass is 10.0. The van der Waals surface area contributed by atoms with E-state index in [9.17, 15) is 4.39 Å². The zero-order valence-corrected chi connectivity index (χ0v) is 18.9. The molecule has 0 amide bonds. The third-order valence-electron chi connectivity index (χ3n) is 5.82. The molecule has 0 aliphatic rings. The Kier molecular flexibility index (Phi) is 9.08. The molecule has 2 aromatic carbocycles. The van der Waals surface area contributed by atoms with Crippen LogP contribution in [0.25, 0.3) is 22.4 Å². The molecule has 0 spiro atoms. The van der Waals surface area contributed by atoms with Crippen molar-refractivity contribution in [2.24, 2.45) is 0 Å². The second-order valence-corrected chi connectivity index (χ2v) is 8.20. The van der Waals surface area contributed by atoms with Crippen LogP contribution in [0.15, 0.2) is 60.8 Å². The normalized spacial score (nSPS) is 10.9. The molecule has 0 radical (unpaired) electrons. The van der Waals surface area contributed by atoms with Crippen LogP contribution in [0, 0.1) is 5.82 Å². The highest BCUT2D eigenvalue weighted by Crippen LogP contribution is 2.26. The van der Waals surface area contributed by atoms with E-state index < -0.39 is 0 Å². The average molecular weight is 420 g/mol. The van der Waals surface area contributed by atoms with Crippen LogP contribution in [0.4, 0.5) is 4.39 Å². The van der Waals surface area contributed by atoms with Crippen LogP contribution in [-0.2, 0) is 6.42 Å². The molecule has 1 heterocycles. The molecule has 3 heteroatoms. The predicted molar refractivity (Wildman–Crippen MR) is 128 cm³/mol. The fraction of sp³-hybridized carbons (Fsp3) is 0.393. The van der Waals surface area contributed by atoms with E-state index in [4.69, 9.17) is 4.74 Å². The summed E-state index contributed by atoms with van der Waals surface area (Å²) in [4.78, 5) is 4.53. The number of hydrogen-bond acceptors (Lipinski definition) is 2. The molecule has 0 saturated carbocycles. The van der Waals surface area contributed by atoms with Crippen LogP contribution in [0.3, 0.4) is 0 Å². The van der Waals surface area contributed by atoms with Crippen molar-refractivity contribution >= 4 is 0 Å². The number of hydrogen-bond donors (Lipinski definition) is 0. The summed E-state index contributed by atoms with van der Waals surface area (Å²) in [5.41, 5.74) is 5.10. The lowest BCUT2D eigenvalue weighted by Crippen LogP contribution is -1.90. The first-order valence-corrected chi connectivity index (χ1v) is 11.6. The van der Waals surface area contributed by atoms with Crippen molar-refractivity contribution in [1.82, 2.24) is 4.98 Å². The van der Waals surface area contributed by atoms with E-state index in [0.29, 0.717) is 0 Å². The Hall–Kier alpha value is -2.68. The fourth-order valence-corrected chi connectivity index (χ4v) is 3.89. The molecule has 2 nitrogen and oxygen atoms in total. The molecule has 0 bridgehead atoms. The summed E-state index contributed by atoms with van der Waals surface area (Å²) in [6.07, 6.45) is 13.8. The first kappa shape index (κ1) is 23.0. The van der Waals surface area contributed by atoms with Crippen molar-refractivity contribution in [3.63, 3.8) is 0 Å². The largest absolute Gasteiger partial charge is 0.494 e. The number of pyridine rings is 1. The molecule has 3 rings (SSSR count). The number of rotatable bonds is 12. The average Bonchev–Trinajstić information content (AvgIpc) is 2.81. The summed E-state index contributed by atoms with van der Waals surface area (Å²) in [5, 5.41) is 0. The summed E-state index contributed by atoms with van der Waals surface area (Å²) in [7, 11) is 1.46. The number of aryl methyl sites for hydroxylation is 1. The van der Waals surface area contributed by atoms with Gasteiger partial charge in [-0.15, -0.1) is 0 Å². The topological polar surface area (TPSA) is 22.1 Å². The number of ether oxygens (including phenoxy) is 1. The van der Waals surface area contributed by atoms with Crippen LogP contribution >= 0.6 is 0 Å². The van der Waals surface area contributed by atoms with Gasteiger partial charge in [-0.1, -0.05) is 82.2 Å². The van der Waals surface area contributed by atoms with Crippen LogP contribution in [0.5, 0.6) is 5.75 Å². The van der Waals surface area contributed by atoms with Crippen molar-refractivity contribution < 1.29 is 9.13 Å². The van der Waals surface area contributed by atoms with Gasteiger partial charge in [0.1, 0.15) is 0 Å². The number of nitrogens with zero attached hydrogens (tertiary/aromatic N) is 1. The van der Waals surface area contributed by atoms with Gasteiger partial charge in [-0.25, -0.2) is 4.39 Å². The van der Waals surface area contributed by atoms with E-state index in [2.05, 4.69) is 36.2 Å². The minimum atomic E-state index is -0.377. The van der Waals surface area contributed by atoms with Crippen molar-refractivity contribution in [1.29, 1.82) is 0 Å². The van der Waals surface area contributed by atoms with Gasteiger partial charge < -0.3 is 4.74 Å². The maximum atomic E-state index is 14.0. The van der Waals surface area contributed by atoms with Gasteiger partial charge in [0.05, 0.1) is 12.8 Å². The first-order valence-electron chi connectivity index (χ1n) is 11.6.